The normalized spacial score (nSPS) is 14.3. The molecule has 1 aromatic carbocycles. The third kappa shape index (κ3) is 7.09. The molecule has 1 heterocycles. The average molecular weight is 460 g/mol. The van der Waals surface area contributed by atoms with Gasteiger partial charge in [-0.15, -0.1) is 0 Å². The van der Waals surface area contributed by atoms with Gasteiger partial charge in [-0.1, -0.05) is 24.6 Å². The Morgan fingerprint density at radius 3 is 2.39 bits per heavy atom. The van der Waals surface area contributed by atoms with Gasteiger partial charge in [-0.05, 0) is 30.7 Å². The monoisotopic (exact) mass is 459 g/mol. The first kappa shape index (κ1) is 24.4. The molecule has 0 aliphatic carbocycles. The van der Waals surface area contributed by atoms with Crippen LogP contribution in [0.5, 0.6) is 0 Å². The molecule has 2 atom stereocenters. The standard InChI is InChI=1S/C20H21ClF3N3O4/c1-4-17(28)30-19(3,11-16-25-8-5-9-26-16)31-18(29)27-12(2)14-7-6-13(10-15(14)21)20(22,23)24/h5-10,12H,4,11H2,1-3H3,(H,27,29). The summed E-state index contributed by atoms with van der Waals surface area (Å²) < 4.78 is 49.0. The zero-order valence-corrected chi connectivity index (χ0v) is 17.8. The number of amides is 1. The van der Waals surface area contributed by atoms with E-state index in [1.54, 1.807) is 13.0 Å². The SMILES string of the molecule is CCC(=O)OC(C)(Cc1ncccn1)OC(=O)NC(C)c1ccc(C(F)(F)F)cc1Cl. The van der Waals surface area contributed by atoms with E-state index >= 15 is 0 Å². The van der Waals surface area contributed by atoms with E-state index in [1.165, 1.54) is 32.3 Å². The number of carbonyl (C=O) groups excluding carboxylic acids is 2. The smallest absolute Gasteiger partial charge is 0.416 e. The molecule has 0 aliphatic rings. The fourth-order valence-corrected chi connectivity index (χ4v) is 2.99. The Labute approximate surface area is 181 Å². The minimum Gasteiger partial charge on any atom is -0.422 e. The highest BCUT2D eigenvalue weighted by molar-refractivity contribution is 6.31. The van der Waals surface area contributed by atoms with Crippen LogP contribution in [0.15, 0.2) is 36.7 Å². The molecule has 168 valence electrons. The van der Waals surface area contributed by atoms with Crippen LogP contribution in [0.4, 0.5) is 18.0 Å². The van der Waals surface area contributed by atoms with Crippen LogP contribution in [0.25, 0.3) is 0 Å². The fraction of sp³-hybridized carbons (Fsp3) is 0.400. The van der Waals surface area contributed by atoms with E-state index in [4.69, 9.17) is 21.1 Å². The highest BCUT2D eigenvalue weighted by atomic mass is 35.5. The minimum atomic E-state index is -4.54. The molecule has 2 unspecified atom stereocenters. The summed E-state index contributed by atoms with van der Waals surface area (Å²) in [6, 6.07) is 3.62. The number of benzene rings is 1. The van der Waals surface area contributed by atoms with E-state index in [2.05, 4.69) is 15.3 Å². The molecular weight excluding hydrogens is 439 g/mol. The first-order valence-electron chi connectivity index (χ1n) is 9.27. The number of alkyl halides is 3. The number of nitrogens with zero attached hydrogens (tertiary/aromatic N) is 2. The van der Waals surface area contributed by atoms with Gasteiger partial charge in [0, 0.05) is 30.8 Å². The summed E-state index contributed by atoms with van der Waals surface area (Å²) in [7, 11) is 0. The molecule has 2 rings (SSSR count). The second-order valence-electron chi connectivity index (χ2n) is 6.79. The number of aromatic nitrogens is 2. The number of carbonyl (C=O) groups is 2. The Kier molecular flexibility index (Phi) is 7.83. The van der Waals surface area contributed by atoms with Gasteiger partial charge in [0.15, 0.2) is 0 Å². The topological polar surface area (TPSA) is 90.4 Å². The summed E-state index contributed by atoms with van der Waals surface area (Å²) in [6.45, 7) is 4.48. The zero-order valence-electron chi connectivity index (χ0n) is 17.0. The molecule has 0 fully saturated rings. The largest absolute Gasteiger partial charge is 0.422 e. The second-order valence-corrected chi connectivity index (χ2v) is 7.20. The number of alkyl carbamates (subject to hydrolysis) is 1. The van der Waals surface area contributed by atoms with Crippen molar-refractivity contribution in [3.05, 3.63) is 58.6 Å². The van der Waals surface area contributed by atoms with Crippen molar-refractivity contribution in [3.63, 3.8) is 0 Å². The van der Waals surface area contributed by atoms with Crippen molar-refractivity contribution in [1.29, 1.82) is 0 Å². The number of nitrogens with one attached hydrogen (secondary N) is 1. The summed E-state index contributed by atoms with van der Waals surface area (Å²) in [6.07, 6.45) is -2.60. The van der Waals surface area contributed by atoms with Crippen LogP contribution in [0.3, 0.4) is 0 Å². The molecule has 11 heteroatoms. The maximum absolute atomic E-state index is 12.8. The zero-order chi connectivity index (χ0) is 23.2. The van der Waals surface area contributed by atoms with Crippen LogP contribution >= 0.6 is 11.6 Å². The average Bonchev–Trinajstić information content (AvgIpc) is 2.67. The molecule has 2 aromatic rings. The molecule has 0 spiro atoms. The van der Waals surface area contributed by atoms with Gasteiger partial charge in [-0.2, -0.15) is 13.2 Å². The van der Waals surface area contributed by atoms with E-state index in [0.717, 1.165) is 12.1 Å². The Balaban J connectivity index is 2.13. The van der Waals surface area contributed by atoms with E-state index < -0.39 is 35.6 Å². The van der Waals surface area contributed by atoms with Gasteiger partial charge in [0.2, 0.25) is 0 Å². The number of hydrogen-bond acceptors (Lipinski definition) is 6. The lowest BCUT2D eigenvalue weighted by atomic mass is 10.1. The number of ether oxygens (including phenoxy) is 2. The highest BCUT2D eigenvalue weighted by Crippen LogP contribution is 2.33. The van der Waals surface area contributed by atoms with Crippen LogP contribution in [-0.4, -0.2) is 27.8 Å². The molecule has 1 amide bonds. The molecule has 7 nitrogen and oxygen atoms in total. The van der Waals surface area contributed by atoms with Crippen molar-refractivity contribution in [2.45, 2.75) is 51.6 Å². The molecule has 0 saturated carbocycles. The van der Waals surface area contributed by atoms with Gasteiger partial charge in [-0.25, -0.2) is 14.8 Å². The third-order valence-electron chi connectivity index (χ3n) is 4.15. The van der Waals surface area contributed by atoms with Crippen LogP contribution in [0.1, 0.15) is 50.2 Å². The van der Waals surface area contributed by atoms with Crippen LogP contribution < -0.4 is 5.32 Å². The van der Waals surface area contributed by atoms with Crippen molar-refractivity contribution in [1.82, 2.24) is 15.3 Å². The predicted octanol–water partition coefficient (Wildman–Crippen LogP) is 4.85. The lowest BCUT2D eigenvalue weighted by molar-refractivity contribution is -0.201. The second kappa shape index (κ2) is 9.95. The van der Waals surface area contributed by atoms with E-state index in [0.29, 0.717) is 0 Å². The summed E-state index contributed by atoms with van der Waals surface area (Å²) in [5.74, 6) is -2.03. The van der Waals surface area contributed by atoms with Crippen LogP contribution in [-0.2, 0) is 26.9 Å². The van der Waals surface area contributed by atoms with Crippen LogP contribution in [0.2, 0.25) is 5.02 Å². The highest BCUT2D eigenvalue weighted by Gasteiger charge is 2.35. The van der Waals surface area contributed by atoms with Gasteiger partial charge in [0.25, 0.3) is 5.79 Å². The van der Waals surface area contributed by atoms with Crippen LogP contribution in [0, 0.1) is 0 Å². The molecule has 31 heavy (non-hydrogen) atoms. The van der Waals surface area contributed by atoms with Crippen molar-refractivity contribution in [3.8, 4) is 0 Å². The molecule has 0 aliphatic heterocycles. The first-order valence-corrected chi connectivity index (χ1v) is 9.65. The van der Waals surface area contributed by atoms with Crippen molar-refractivity contribution < 1.29 is 32.2 Å². The summed E-state index contributed by atoms with van der Waals surface area (Å²) in [5.41, 5.74) is -0.650. The Morgan fingerprint density at radius 2 is 1.84 bits per heavy atom. The maximum atomic E-state index is 12.8. The molecule has 0 saturated heterocycles. The van der Waals surface area contributed by atoms with Gasteiger partial charge < -0.3 is 14.8 Å². The number of halogens is 4. The van der Waals surface area contributed by atoms with E-state index in [-0.39, 0.29) is 29.3 Å². The summed E-state index contributed by atoms with van der Waals surface area (Å²) in [5, 5.41) is 2.30. The first-order chi connectivity index (χ1) is 14.4. The van der Waals surface area contributed by atoms with Crippen molar-refractivity contribution in [2.24, 2.45) is 0 Å². The van der Waals surface area contributed by atoms with Gasteiger partial charge >= 0.3 is 18.2 Å². The van der Waals surface area contributed by atoms with Gasteiger partial charge in [0.05, 0.1) is 18.0 Å². The van der Waals surface area contributed by atoms with Crippen molar-refractivity contribution in [2.75, 3.05) is 0 Å². The van der Waals surface area contributed by atoms with E-state index in [1.807, 2.05) is 0 Å². The maximum Gasteiger partial charge on any atom is 0.416 e. The molecule has 1 aromatic heterocycles. The summed E-state index contributed by atoms with van der Waals surface area (Å²) >= 11 is 5.96. The molecule has 0 radical (unpaired) electrons. The number of rotatable bonds is 7. The third-order valence-corrected chi connectivity index (χ3v) is 4.48. The lowest BCUT2D eigenvalue weighted by Crippen LogP contribution is -2.43. The fourth-order valence-electron chi connectivity index (χ4n) is 2.65. The Hall–Kier alpha value is -2.88. The van der Waals surface area contributed by atoms with Gasteiger partial charge in [-0.3, -0.25) is 4.79 Å². The number of hydrogen-bond donors (Lipinski definition) is 1. The van der Waals surface area contributed by atoms with Gasteiger partial charge in [0.1, 0.15) is 5.82 Å². The predicted molar refractivity (Wildman–Crippen MR) is 105 cm³/mol. The lowest BCUT2D eigenvalue weighted by Gasteiger charge is -2.29. The number of esters is 1. The molecule has 1 N–H and O–H groups in total. The molecule has 0 bridgehead atoms. The van der Waals surface area contributed by atoms with E-state index in [9.17, 15) is 22.8 Å². The molecular formula is C20H21ClF3N3O4. The summed E-state index contributed by atoms with van der Waals surface area (Å²) in [4.78, 5) is 32.3. The Bertz CT molecular complexity index is 928. The minimum absolute atomic E-state index is 0.0494. The Morgan fingerprint density at radius 1 is 1.19 bits per heavy atom. The quantitative estimate of drug-likeness (QED) is 0.470. The van der Waals surface area contributed by atoms with Crippen molar-refractivity contribution >= 4 is 23.7 Å².